The van der Waals surface area contributed by atoms with Gasteiger partial charge in [-0.2, -0.15) is 0 Å². The quantitative estimate of drug-likeness (QED) is 0.879. The largest absolute Gasteiger partial charge is 0.481 e. The highest BCUT2D eigenvalue weighted by molar-refractivity contribution is 5.79. The Kier molecular flexibility index (Phi) is 3.94. The van der Waals surface area contributed by atoms with Crippen LogP contribution in [-0.4, -0.2) is 29.3 Å². The molecule has 2 aliphatic rings. The molecule has 0 heterocycles. The summed E-state index contributed by atoms with van der Waals surface area (Å²) in [5.41, 5.74) is 4.22. The molecule has 0 saturated heterocycles. The molecule has 1 saturated carbocycles. The third-order valence-electron chi connectivity index (χ3n) is 5.49. The number of hydrogen-bond donors (Lipinski definition) is 2. The third kappa shape index (κ3) is 2.83. The van der Waals surface area contributed by atoms with E-state index < -0.39 is 17.6 Å². The summed E-state index contributed by atoms with van der Waals surface area (Å²) >= 11 is 0. The van der Waals surface area contributed by atoms with Crippen LogP contribution in [0.25, 0.3) is 11.1 Å². The summed E-state index contributed by atoms with van der Waals surface area (Å²) in [6, 6.07) is 16.4. The van der Waals surface area contributed by atoms with Gasteiger partial charge in [0.15, 0.2) is 0 Å². The highest BCUT2D eigenvalue weighted by atomic mass is 16.5. The van der Waals surface area contributed by atoms with Gasteiger partial charge in [0.2, 0.25) is 0 Å². The minimum Gasteiger partial charge on any atom is -0.481 e. The van der Waals surface area contributed by atoms with Gasteiger partial charge in [0, 0.05) is 11.5 Å². The summed E-state index contributed by atoms with van der Waals surface area (Å²) in [5.74, 6) is -1.17. The lowest BCUT2D eigenvalue weighted by atomic mass is 9.69. The second kappa shape index (κ2) is 6.16. The molecule has 2 aliphatic carbocycles. The number of rotatable bonds is 4. The van der Waals surface area contributed by atoms with Crippen molar-refractivity contribution >= 4 is 12.1 Å². The van der Waals surface area contributed by atoms with Gasteiger partial charge in [-0.1, -0.05) is 48.5 Å². The summed E-state index contributed by atoms with van der Waals surface area (Å²) in [6.07, 6.45) is 0.386. The van der Waals surface area contributed by atoms with Crippen LogP contribution in [0.15, 0.2) is 48.5 Å². The molecule has 26 heavy (non-hydrogen) atoms. The molecule has 4 rings (SSSR count). The molecular weight excluding hydrogens is 330 g/mol. The molecule has 0 atom stereocenters. The number of fused-ring (bicyclic) bond motifs is 3. The molecule has 5 heteroatoms. The second-order valence-electron chi connectivity index (χ2n) is 7.45. The van der Waals surface area contributed by atoms with Gasteiger partial charge in [0.05, 0.1) is 5.92 Å². The Morgan fingerprint density at radius 1 is 1.08 bits per heavy atom. The standard InChI is InChI=1S/C21H21NO4/c1-21(10-13(11-21)19(23)24)22-20(25)26-12-18-16-8-4-2-6-14(16)15-7-3-5-9-17(15)18/h2-9,13,18H,10-12H2,1H3,(H,22,25)(H,23,24). The van der Waals surface area contributed by atoms with E-state index in [1.807, 2.05) is 31.2 Å². The molecule has 0 radical (unpaired) electrons. The number of carbonyl (C=O) groups is 2. The first-order valence-corrected chi connectivity index (χ1v) is 8.83. The van der Waals surface area contributed by atoms with Crippen molar-refractivity contribution in [2.24, 2.45) is 5.92 Å². The first kappa shape index (κ1) is 16.6. The smallest absolute Gasteiger partial charge is 0.407 e. The maximum absolute atomic E-state index is 12.2. The van der Waals surface area contributed by atoms with Gasteiger partial charge in [-0.3, -0.25) is 4.79 Å². The number of alkyl carbamates (subject to hydrolysis) is 1. The lowest BCUT2D eigenvalue weighted by Gasteiger charge is -2.43. The van der Waals surface area contributed by atoms with Crippen molar-refractivity contribution in [1.82, 2.24) is 5.32 Å². The predicted octanol–water partition coefficient (Wildman–Crippen LogP) is 3.78. The van der Waals surface area contributed by atoms with Gasteiger partial charge < -0.3 is 15.2 Å². The van der Waals surface area contributed by atoms with Crippen LogP contribution in [0, 0.1) is 5.92 Å². The Bertz CT molecular complexity index is 824. The average molecular weight is 351 g/mol. The molecule has 134 valence electrons. The first-order chi connectivity index (χ1) is 12.5. The summed E-state index contributed by atoms with van der Waals surface area (Å²) in [4.78, 5) is 23.2. The molecule has 0 aromatic heterocycles. The summed E-state index contributed by atoms with van der Waals surface area (Å²) < 4.78 is 5.51. The molecule has 1 fully saturated rings. The number of benzene rings is 2. The number of carboxylic acid groups (broad SMARTS) is 1. The average Bonchev–Trinajstić information content (AvgIpc) is 2.92. The van der Waals surface area contributed by atoms with Crippen LogP contribution in [0.3, 0.4) is 0 Å². The fourth-order valence-corrected chi connectivity index (χ4v) is 4.19. The van der Waals surface area contributed by atoms with E-state index in [0.29, 0.717) is 12.8 Å². The molecular formula is C21H21NO4. The molecule has 2 aromatic rings. The first-order valence-electron chi connectivity index (χ1n) is 8.83. The maximum atomic E-state index is 12.2. The number of carbonyl (C=O) groups excluding carboxylic acids is 1. The summed E-state index contributed by atoms with van der Waals surface area (Å²) in [5, 5.41) is 11.8. The van der Waals surface area contributed by atoms with Crippen LogP contribution < -0.4 is 5.32 Å². The molecule has 0 unspecified atom stereocenters. The van der Waals surface area contributed by atoms with Gasteiger partial charge in [0.1, 0.15) is 6.61 Å². The van der Waals surface area contributed by atoms with Crippen molar-refractivity contribution in [1.29, 1.82) is 0 Å². The zero-order valence-corrected chi connectivity index (χ0v) is 14.6. The molecule has 0 aliphatic heterocycles. The van der Waals surface area contributed by atoms with Crippen molar-refractivity contribution in [3.8, 4) is 11.1 Å². The van der Waals surface area contributed by atoms with Gasteiger partial charge in [0.25, 0.3) is 0 Å². The van der Waals surface area contributed by atoms with Crippen LogP contribution in [0.5, 0.6) is 0 Å². The van der Waals surface area contributed by atoms with E-state index in [9.17, 15) is 9.59 Å². The second-order valence-corrected chi connectivity index (χ2v) is 7.45. The van der Waals surface area contributed by atoms with Crippen LogP contribution >= 0.6 is 0 Å². The number of hydrogen-bond acceptors (Lipinski definition) is 3. The normalized spacial score (nSPS) is 23.5. The molecule has 0 bridgehead atoms. The molecule has 2 aromatic carbocycles. The zero-order chi connectivity index (χ0) is 18.3. The number of ether oxygens (including phenoxy) is 1. The van der Waals surface area contributed by atoms with Crippen molar-refractivity contribution in [2.45, 2.75) is 31.2 Å². The topological polar surface area (TPSA) is 75.6 Å². The van der Waals surface area contributed by atoms with Crippen LogP contribution in [0.1, 0.15) is 36.8 Å². The number of amides is 1. The van der Waals surface area contributed by atoms with Crippen molar-refractivity contribution in [2.75, 3.05) is 6.61 Å². The predicted molar refractivity (Wildman–Crippen MR) is 97.0 cm³/mol. The highest BCUT2D eigenvalue weighted by Gasteiger charge is 2.45. The molecule has 5 nitrogen and oxygen atoms in total. The summed E-state index contributed by atoms with van der Waals surface area (Å²) in [7, 11) is 0. The summed E-state index contributed by atoms with van der Waals surface area (Å²) in [6.45, 7) is 2.12. The lowest BCUT2D eigenvalue weighted by molar-refractivity contribution is -0.147. The van der Waals surface area contributed by atoms with E-state index in [1.54, 1.807) is 0 Å². The van der Waals surface area contributed by atoms with Gasteiger partial charge in [-0.15, -0.1) is 0 Å². The molecule has 2 N–H and O–H groups in total. The maximum Gasteiger partial charge on any atom is 0.407 e. The minimum absolute atomic E-state index is 0.0223. The third-order valence-corrected chi connectivity index (χ3v) is 5.49. The Morgan fingerprint density at radius 3 is 2.15 bits per heavy atom. The minimum atomic E-state index is -0.809. The van der Waals surface area contributed by atoms with E-state index in [-0.39, 0.29) is 18.4 Å². The van der Waals surface area contributed by atoms with E-state index >= 15 is 0 Å². The van der Waals surface area contributed by atoms with Crippen molar-refractivity contribution in [3.63, 3.8) is 0 Å². The van der Waals surface area contributed by atoms with Crippen LogP contribution in [0.4, 0.5) is 4.79 Å². The zero-order valence-electron chi connectivity index (χ0n) is 14.6. The molecule has 1 amide bonds. The van der Waals surface area contributed by atoms with Gasteiger partial charge in [-0.05, 0) is 42.0 Å². The van der Waals surface area contributed by atoms with Crippen molar-refractivity contribution in [3.05, 3.63) is 59.7 Å². The number of carboxylic acids is 1. The van der Waals surface area contributed by atoms with Crippen LogP contribution in [0.2, 0.25) is 0 Å². The Morgan fingerprint density at radius 2 is 1.62 bits per heavy atom. The molecule has 0 spiro atoms. The van der Waals surface area contributed by atoms with E-state index in [4.69, 9.17) is 9.84 Å². The Balaban J connectivity index is 1.42. The Labute approximate surface area is 152 Å². The van der Waals surface area contributed by atoms with E-state index in [0.717, 1.165) is 0 Å². The van der Waals surface area contributed by atoms with Crippen LogP contribution in [-0.2, 0) is 9.53 Å². The van der Waals surface area contributed by atoms with Gasteiger partial charge in [-0.25, -0.2) is 4.79 Å². The van der Waals surface area contributed by atoms with E-state index in [1.165, 1.54) is 22.3 Å². The SMILES string of the molecule is CC1(NC(=O)OCC2c3ccccc3-c3ccccc32)CC(C(=O)O)C1. The van der Waals surface area contributed by atoms with E-state index in [2.05, 4.69) is 29.6 Å². The number of nitrogens with one attached hydrogen (secondary N) is 1. The monoisotopic (exact) mass is 351 g/mol. The fourth-order valence-electron chi connectivity index (χ4n) is 4.19. The van der Waals surface area contributed by atoms with Gasteiger partial charge >= 0.3 is 12.1 Å². The highest BCUT2D eigenvalue weighted by Crippen LogP contribution is 2.44. The Hall–Kier alpha value is -2.82. The number of aliphatic carboxylic acids is 1. The fraction of sp³-hybridized carbons (Fsp3) is 0.333. The lowest BCUT2D eigenvalue weighted by Crippen LogP contribution is -2.57. The van der Waals surface area contributed by atoms with Crippen molar-refractivity contribution < 1.29 is 19.4 Å².